The van der Waals surface area contributed by atoms with Gasteiger partial charge < -0.3 is 10.4 Å². The van der Waals surface area contributed by atoms with Gasteiger partial charge in [-0.3, -0.25) is 4.79 Å². The molecule has 3 nitrogen and oxygen atoms in total. The number of aliphatic hydroxyl groups is 1. The van der Waals surface area contributed by atoms with Gasteiger partial charge in [0, 0.05) is 15.7 Å². The van der Waals surface area contributed by atoms with Gasteiger partial charge in [0.25, 0.3) is 0 Å². The van der Waals surface area contributed by atoms with Crippen LogP contribution in [0.2, 0.25) is 0 Å². The van der Waals surface area contributed by atoms with Gasteiger partial charge in [-0.15, -0.1) is 0 Å². The van der Waals surface area contributed by atoms with Crippen molar-refractivity contribution >= 4 is 27.5 Å². The van der Waals surface area contributed by atoms with E-state index in [0.717, 1.165) is 15.6 Å². The maximum Gasteiger partial charge on any atom is 0.228 e. The SMILES string of the molecule is CC(O)c1ccccc1NC(=O)Cc1cccc(Br)c1. The van der Waals surface area contributed by atoms with Crippen LogP contribution in [0.1, 0.15) is 24.2 Å². The van der Waals surface area contributed by atoms with Crippen LogP contribution in [0.4, 0.5) is 5.69 Å². The lowest BCUT2D eigenvalue weighted by Gasteiger charge is -2.13. The van der Waals surface area contributed by atoms with Crippen molar-refractivity contribution < 1.29 is 9.90 Å². The minimum atomic E-state index is -0.614. The van der Waals surface area contributed by atoms with Crippen molar-refractivity contribution in [2.24, 2.45) is 0 Å². The number of carbonyl (C=O) groups is 1. The van der Waals surface area contributed by atoms with E-state index in [9.17, 15) is 9.90 Å². The van der Waals surface area contributed by atoms with Crippen LogP contribution in [0.3, 0.4) is 0 Å². The van der Waals surface area contributed by atoms with Gasteiger partial charge in [0.15, 0.2) is 0 Å². The van der Waals surface area contributed by atoms with E-state index < -0.39 is 6.10 Å². The molecular formula is C16H16BrNO2. The van der Waals surface area contributed by atoms with E-state index >= 15 is 0 Å². The average Bonchev–Trinajstić information content (AvgIpc) is 2.38. The normalized spacial score (nSPS) is 11.9. The van der Waals surface area contributed by atoms with Gasteiger partial charge in [-0.05, 0) is 30.7 Å². The molecule has 20 heavy (non-hydrogen) atoms. The lowest BCUT2D eigenvalue weighted by Crippen LogP contribution is -2.16. The number of halogens is 1. The van der Waals surface area contributed by atoms with Crippen LogP contribution in [0, 0.1) is 0 Å². The summed E-state index contributed by atoms with van der Waals surface area (Å²) in [6, 6.07) is 14.9. The molecule has 0 spiro atoms. The first kappa shape index (κ1) is 14.8. The zero-order chi connectivity index (χ0) is 14.5. The molecule has 0 aliphatic rings. The maximum absolute atomic E-state index is 12.1. The molecule has 104 valence electrons. The Morgan fingerprint density at radius 1 is 1.25 bits per heavy atom. The fourth-order valence-electron chi connectivity index (χ4n) is 2.00. The molecule has 0 aromatic heterocycles. The molecule has 0 heterocycles. The van der Waals surface area contributed by atoms with Crippen LogP contribution in [0.15, 0.2) is 53.0 Å². The van der Waals surface area contributed by atoms with Gasteiger partial charge in [-0.1, -0.05) is 46.3 Å². The summed E-state index contributed by atoms with van der Waals surface area (Å²) in [6.45, 7) is 1.68. The Labute approximate surface area is 126 Å². The number of anilines is 1. The molecule has 1 atom stereocenters. The maximum atomic E-state index is 12.1. The van der Waals surface area contributed by atoms with Gasteiger partial charge in [0.1, 0.15) is 0 Å². The zero-order valence-electron chi connectivity index (χ0n) is 11.1. The molecule has 0 aliphatic heterocycles. The molecule has 1 amide bonds. The molecule has 0 saturated heterocycles. The summed E-state index contributed by atoms with van der Waals surface area (Å²) in [5.74, 6) is -0.101. The summed E-state index contributed by atoms with van der Waals surface area (Å²) >= 11 is 3.38. The second kappa shape index (κ2) is 6.68. The van der Waals surface area contributed by atoms with Crippen LogP contribution in [-0.2, 0) is 11.2 Å². The second-order valence-electron chi connectivity index (χ2n) is 4.62. The van der Waals surface area contributed by atoms with Gasteiger partial charge in [0.2, 0.25) is 5.91 Å². The van der Waals surface area contributed by atoms with E-state index in [2.05, 4.69) is 21.2 Å². The first-order chi connectivity index (χ1) is 9.56. The molecule has 2 aromatic rings. The van der Waals surface area contributed by atoms with Crippen molar-refractivity contribution in [1.82, 2.24) is 0 Å². The summed E-state index contributed by atoms with van der Waals surface area (Å²) in [4.78, 5) is 12.1. The second-order valence-corrected chi connectivity index (χ2v) is 5.53. The lowest BCUT2D eigenvalue weighted by atomic mass is 10.1. The standard InChI is InChI=1S/C16H16BrNO2/c1-11(19)14-7-2-3-8-15(14)18-16(20)10-12-5-4-6-13(17)9-12/h2-9,11,19H,10H2,1H3,(H,18,20). The number of nitrogens with one attached hydrogen (secondary N) is 1. The summed E-state index contributed by atoms with van der Waals surface area (Å²) in [5.41, 5.74) is 2.31. The molecule has 2 N–H and O–H groups in total. The van der Waals surface area contributed by atoms with Crippen LogP contribution in [0.5, 0.6) is 0 Å². The minimum Gasteiger partial charge on any atom is -0.389 e. The largest absolute Gasteiger partial charge is 0.389 e. The Bertz CT molecular complexity index is 611. The summed E-state index contributed by atoms with van der Waals surface area (Å²) in [6.07, 6.45) is -0.314. The quantitative estimate of drug-likeness (QED) is 0.896. The third-order valence-electron chi connectivity index (χ3n) is 2.94. The molecular weight excluding hydrogens is 318 g/mol. The van der Waals surface area contributed by atoms with Crippen molar-refractivity contribution in [3.8, 4) is 0 Å². The highest BCUT2D eigenvalue weighted by atomic mass is 79.9. The number of rotatable bonds is 4. The number of hydrogen-bond donors (Lipinski definition) is 2. The Balaban J connectivity index is 2.09. The molecule has 0 aliphatic carbocycles. The first-order valence-corrected chi connectivity index (χ1v) is 7.17. The zero-order valence-corrected chi connectivity index (χ0v) is 12.7. The Morgan fingerprint density at radius 2 is 2.00 bits per heavy atom. The van der Waals surface area contributed by atoms with Crippen LogP contribution < -0.4 is 5.32 Å². The number of para-hydroxylation sites is 1. The Hall–Kier alpha value is -1.65. The van der Waals surface area contributed by atoms with Gasteiger partial charge >= 0.3 is 0 Å². The van der Waals surface area contributed by atoms with Gasteiger partial charge in [0.05, 0.1) is 12.5 Å². The fraction of sp³-hybridized carbons (Fsp3) is 0.188. The van der Waals surface area contributed by atoms with Crippen LogP contribution in [0.25, 0.3) is 0 Å². The predicted octanol–water partition coefficient (Wildman–Crippen LogP) is 3.68. The number of carbonyl (C=O) groups excluding carboxylic acids is 1. The summed E-state index contributed by atoms with van der Waals surface area (Å²) in [5, 5.41) is 12.5. The average molecular weight is 334 g/mol. The highest BCUT2D eigenvalue weighted by Crippen LogP contribution is 2.22. The van der Waals surface area contributed by atoms with E-state index in [-0.39, 0.29) is 5.91 Å². The molecule has 1 unspecified atom stereocenters. The molecule has 0 bridgehead atoms. The van der Waals surface area contributed by atoms with Crippen LogP contribution >= 0.6 is 15.9 Å². The topological polar surface area (TPSA) is 49.3 Å². The molecule has 4 heteroatoms. The Morgan fingerprint density at radius 3 is 2.70 bits per heavy atom. The van der Waals surface area contributed by atoms with E-state index in [0.29, 0.717) is 12.1 Å². The number of benzene rings is 2. The molecule has 2 rings (SSSR count). The van der Waals surface area contributed by atoms with E-state index in [1.165, 1.54) is 0 Å². The highest BCUT2D eigenvalue weighted by molar-refractivity contribution is 9.10. The minimum absolute atomic E-state index is 0.101. The lowest BCUT2D eigenvalue weighted by molar-refractivity contribution is -0.115. The van der Waals surface area contributed by atoms with Crippen molar-refractivity contribution in [1.29, 1.82) is 0 Å². The molecule has 2 aromatic carbocycles. The molecule has 0 saturated carbocycles. The van der Waals surface area contributed by atoms with E-state index in [1.54, 1.807) is 19.1 Å². The number of aliphatic hydroxyl groups excluding tert-OH is 1. The summed E-state index contributed by atoms with van der Waals surface area (Å²) < 4.78 is 0.951. The van der Waals surface area contributed by atoms with Crippen LogP contribution in [-0.4, -0.2) is 11.0 Å². The highest BCUT2D eigenvalue weighted by Gasteiger charge is 2.10. The molecule has 0 radical (unpaired) electrons. The Kier molecular flexibility index (Phi) is 4.93. The van der Waals surface area contributed by atoms with Crippen molar-refractivity contribution in [2.75, 3.05) is 5.32 Å². The number of hydrogen-bond acceptors (Lipinski definition) is 2. The first-order valence-electron chi connectivity index (χ1n) is 6.37. The van der Waals surface area contributed by atoms with Crippen molar-refractivity contribution in [3.05, 3.63) is 64.1 Å². The number of amides is 1. The van der Waals surface area contributed by atoms with Crippen molar-refractivity contribution in [2.45, 2.75) is 19.4 Å². The predicted molar refractivity (Wildman–Crippen MR) is 83.6 cm³/mol. The summed E-state index contributed by atoms with van der Waals surface area (Å²) in [7, 11) is 0. The fourth-order valence-corrected chi connectivity index (χ4v) is 2.45. The monoisotopic (exact) mass is 333 g/mol. The third-order valence-corrected chi connectivity index (χ3v) is 3.43. The van der Waals surface area contributed by atoms with Gasteiger partial charge in [-0.25, -0.2) is 0 Å². The smallest absolute Gasteiger partial charge is 0.228 e. The third kappa shape index (κ3) is 3.92. The molecule has 0 fully saturated rings. The van der Waals surface area contributed by atoms with E-state index in [4.69, 9.17) is 0 Å². The van der Waals surface area contributed by atoms with E-state index in [1.807, 2.05) is 36.4 Å². The van der Waals surface area contributed by atoms with Gasteiger partial charge in [-0.2, -0.15) is 0 Å². The van der Waals surface area contributed by atoms with Crippen molar-refractivity contribution in [3.63, 3.8) is 0 Å².